The molecule has 0 saturated carbocycles. The Kier molecular flexibility index (Phi) is 7.01. The molecule has 0 amide bonds. The smallest absolute Gasteiger partial charge is 0.344 e. The van der Waals surface area contributed by atoms with Gasteiger partial charge in [0.2, 0.25) is 0 Å². The predicted molar refractivity (Wildman–Crippen MR) is 75.4 cm³/mol. The van der Waals surface area contributed by atoms with Gasteiger partial charge in [0.25, 0.3) is 0 Å². The summed E-state index contributed by atoms with van der Waals surface area (Å²) in [5.74, 6) is -1.60. The standard InChI is InChI=1S/C15H22FNO3/c1-3-5-14(15(18)19)20-13-7-6-11(9-12(13)16)10-17-8-4-2/h6-7,9,14,17H,3-5,8,10H2,1-2H3,(H,18,19). The van der Waals surface area contributed by atoms with Gasteiger partial charge in [-0.05, 0) is 37.1 Å². The monoisotopic (exact) mass is 283 g/mol. The number of halogens is 1. The maximum atomic E-state index is 13.9. The van der Waals surface area contributed by atoms with E-state index in [0.717, 1.165) is 18.5 Å². The Morgan fingerprint density at radius 1 is 1.40 bits per heavy atom. The number of ether oxygens (including phenoxy) is 1. The predicted octanol–water partition coefficient (Wildman–Crippen LogP) is 2.96. The van der Waals surface area contributed by atoms with Gasteiger partial charge in [0.05, 0.1) is 0 Å². The van der Waals surface area contributed by atoms with Crippen LogP contribution in [0, 0.1) is 5.82 Å². The maximum absolute atomic E-state index is 13.9. The number of rotatable bonds is 9. The first kappa shape index (κ1) is 16.4. The highest BCUT2D eigenvalue weighted by Crippen LogP contribution is 2.21. The van der Waals surface area contributed by atoms with E-state index >= 15 is 0 Å². The lowest BCUT2D eigenvalue weighted by Crippen LogP contribution is -2.27. The average Bonchev–Trinajstić information content (AvgIpc) is 2.41. The van der Waals surface area contributed by atoms with Gasteiger partial charge in [0, 0.05) is 6.54 Å². The lowest BCUT2D eigenvalue weighted by atomic mass is 10.2. The van der Waals surface area contributed by atoms with Crippen LogP contribution in [0.1, 0.15) is 38.7 Å². The van der Waals surface area contributed by atoms with Gasteiger partial charge in [-0.25, -0.2) is 9.18 Å². The van der Waals surface area contributed by atoms with Gasteiger partial charge in [-0.2, -0.15) is 0 Å². The van der Waals surface area contributed by atoms with Crippen molar-refractivity contribution in [2.24, 2.45) is 0 Å². The van der Waals surface area contributed by atoms with Crippen LogP contribution in [0.4, 0.5) is 4.39 Å². The van der Waals surface area contributed by atoms with Gasteiger partial charge in [-0.15, -0.1) is 0 Å². The average molecular weight is 283 g/mol. The van der Waals surface area contributed by atoms with E-state index in [1.807, 2.05) is 6.92 Å². The Morgan fingerprint density at radius 2 is 2.15 bits per heavy atom. The lowest BCUT2D eigenvalue weighted by molar-refractivity contribution is -0.145. The van der Waals surface area contributed by atoms with Crippen LogP contribution in [0.2, 0.25) is 0 Å². The van der Waals surface area contributed by atoms with E-state index in [2.05, 4.69) is 12.2 Å². The van der Waals surface area contributed by atoms with Crippen molar-refractivity contribution in [2.45, 2.75) is 45.8 Å². The minimum atomic E-state index is -1.07. The zero-order valence-corrected chi connectivity index (χ0v) is 12.0. The molecule has 0 bridgehead atoms. The molecule has 0 saturated heterocycles. The van der Waals surface area contributed by atoms with Crippen LogP contribution in [0.15, 0.2) is 18.2 Å². The van der Waals surface area contributed by atoms with Crippen molar-refractivity contribution >= 4 is 5.97 Å². The zero-order chi connectivity index (χ0) is 15.0. The molecule has 5 heteroatoms. The minimum absolute atomic E-state index is 0.00917. The highest BCUT2D eigenvalue weighted by molar-refractivity contribution is 5.72. The summed E-state index contributed by atoms with van der Waals surface area (Å²) in [5.41, 5.74) is 0.811. The SMILES string of the molecule is CCCNCc1ccc(OC(CCC)C(=O)O)c(F)c1. The van der Waals surface area contributed by atoms with E-state index in [4.69, 9.17) is 9.84 Å². The molecule has 0 fully saturated rings. The summed E-state index contributed by atoms with van der Waals surface area (Å²) in [6.07, 6.45) is 1.03. The van der Waals surface area contributed by atoms with Crippen molar-refractivity contribution < 1.29 is 19.0 Å². The molecule has 1 rings (SSSR count). The largest absolute Gasteiger partial charge is 0.479 e. The number of hydrogen-bond acceptors (Lipinski definition) is 3. The van der Waals surface area contributed by atoms with E-state index in [9.17, 15) is 9.18 Å². The fraction of sp³-hybridized carbons (Fsp3) is 0.533. The number of nitrogens with one attached hydrogen (secondary N) is 1. The van der Waals surface area contributed by atoms with Crippen molar-refractivity contribution in [3.05, 3.63) is 29.6 Å². The molecular formula is C15H22FNO3. The Labute approximate surface area is 119 Å². The molecule has 1 atom stereocenters. The Hall–Kier alpha value is -1.62. The summed E-state index contributed by atoms with van der Waals surface area (Å²) in [5, 5.41) is 12.2. The highest BCUT2D eigenvalue weighted by Gasteiger charge is 2.19. The van der Waals surface area contributed by atoms with Crippen LogP contribution < -0.4 is 10.1 Å². The van der Waals surface area contributed by atoms with Gasteiger partial charge in [0.1, 0.15) is 0 Å². The molecule has 0 aliphatic heterocycles. The minimum Gasteiger partial charge on any atom is -0.479 e. The number of carbonyl (C=O) groups is 1. The summed E-state index contributed by atoms with van der Waals surface area (Å²) in [6.45, 7) is 5.38. The van der Waals surface area contributed by atoms with Crippen molar-refractivity contribution in [1.29, 1.82) is 0 Å². The van der Waals surface area contributed by atoms with Crippen LogP contribution in [-0.2, 0) is 11.3 Å². The number of carboxylic acids is 1. The van der Waals surface area contributed by atoms with E-state index in [1.54, 1.807) is 6.07 Å². The van der Waals surface area contributed by atoms with Gasteiger partial charge in [0.15, 0.2) is 17.7 Å². The van der Waals surface area contributed by atoms with Gasteiger partial charge < -0.3 is 15.2 Å². The van der Waals surface area contributed by atoms with E-state index in [-0.39, 0.29) is 5.75 Å². The molecule has 0 aliphatic rings. The quantitative estimate of drug-likeness (QED) is 0.684. The first-order valence-corrected chi connectivity index (χ1v) is 6.97. The van der Waals surface area contributed by atoms with Gasteiger partial charge in [-0.1, -0.05) is 26.3 Å². The summed E-state index contributed by atoms with van der Waals surface area (Å²) in [6, 6.07) is 4.61. The maximum Gasteiger partial charge on any atom is 0.344 e. The molecule has 0 aliphatic carbocycles. The molecule has 0 radical (unpaired) electrons. The zero-order valence-electron chi connectivity index (χ0n) is 12.0. The number of benzene rings is 1. The van der Waals surface area contributed by atoms with Gasteiger partial charge >= 0.3 is 5.97 Å². The number of hydrogen-bond donors (Lipinski definition) is 2. The molecular weight excluding hydrogens is 261 g/mol. The summed E-state index contributed by atoms with van der Waals surface area (Å²) in [4.78, 5) is 11.0. The summed E-state index contributed by atoms with van der Waals surface area (Å²) in [7, 11) is 0. The molecule has 20 heavy (non-hydrogen) atoms. The third kappa shape index (κ3) is 5.17. The molecule has 4 nitrogen and oxygen atoms in total. The third-order valence-corrected chi connectivity index (χ3v) is 2.85. The van der Waals surface area contributed by atoms with Crippen LogP contribution in [0.5, 0.6) is 5.75 Å². The highest BCUT2D eigenvalue weighted by atomic mass is 19.1. The topological polar surface area (TPSA) is 58.6 Å². The second kappa shape index (κ2) is 8.53. The normalized spacial score (nSPS) is 12.2. The second-order valence-electron chi connectivity index (χ2n) is 4.67. The van der Waals surface area contributed by atoms with Crippen LogP contribution in [-0.4, -0.2) is 23.7 Å². The van der Waals surface area contributed by atoms with E-state index in [1.165, 1.54) is 12.1 Å². The van der Waals surface area contributed by atoms with Crippen LogP contribution >= 0.6 is 0 Å². The Bertz CT molecular complexity index is 437. The van der Waals surface area contributed by atoms with Crippen LogP contribution in [0.3, 0.4) is 0 Å². The van der Waals surface area contributed by atoms with E-state index in [0.29, 0.717) is 19.4 Å². The Morgan fingerprint density at radius 3 is 2.70 bits per heavy atom. The van der Waals surface area contributed by atoms with Crippen molar-refractivity contribution in [3.63, 3.8) is 0 Å². The third-order valence-electron chi connectivity index (χ3n) is 2.85. The molecule has 0 heterocycles. The molecule has 2 N–H and O–H groups in total. The number of aliphatic carboxylic acids is 1. The van der Waals surface area contributed by atoms with Crippen LogP contribution in [0.25, 0.3) is 0 Å². The van der Waals surface area contributed by atoms with Crippen molar-refractivity contribution in [1.82, 2.24) is 5.32 Å². The molecule has 1 aromatic rings. The lowest BCUT2D eigenvalue weighted by Gasteiger charge is -2.15. The molecule has 1 unspecified atom stereocenters. The molecule has 0 aromatic heterocycles. The van der Waals surface area contributed by atoms with E-state index < -0.39 is 17.9 Å². The van der Waals surface area contributed by atoms with Crippen molar-refractivity contribution in [2.75, 3.05) is 6.54 Å². The summed E-state index contributed by atoms with van der Waals surface area (Å²) < 4.78 is 19.1. The Balaban J connectivity index is 2.69. The summed E-state index contributed by atoms with van der Waals surface area (Å²) >= 11 is 0. The fourth-order valence-electron chi connectivity index (χ4n) is 1.81. The van der Waals surface area contributed by atoms with Gasteiger partial charge in [-0.3, -0.25) is 0 Å². The number of carboxylic acid groups (broad SMARTS) is 1. The van der Waals surface area contributed by atoms with Crippen molar-refractivity contribution in [3.8, 4) is 5.75 Å². The molecule has 0 spiro atoms. The molecule has 112 valence electrons. The first-order valence-electron chi connectivity index (χ1n) is 6.97. The fourth-order valence-corrected chi connectivity index (χ4v) is 1.81. The first-order chi connectivity index (χ1) is 9.58. The second-order valence-corrected chi connectivity index (χ2v) is 4.67. The molecule has 1 aromatic carbocycles.